The van der Waals surface area contributed by atoms with Crippen LogP contribution >= 0.6 is 21.6 Å². The zero-order valence-electron chi connectivity index (χ0n) is 11.2. The molecule has 8 heteroatoms. The molecule has 0 aromatic rings. The van der Waals surface area contributed by atoms with Crippen molar-refractivity contribution < 1.29 is 19.8 Å². The predicted molar refractivity (Wildman–Crippen MR) is 79.0 cm³/mol. The molecular formula is C13H14N2O4S2. The van der Waals surface area contributed by atoms with Gasteiger partial charge in [-0.15, -0.1) is 0 Å². The van der Waals surface area contributed by atoms with Crippen LogP contribution in [0.4, 0.5) is 0 Å². The van der Waals surface area contributed by atoms with Crippen molar-refractivity contribution in [1.29, 1.82) is 0 Å². The van der Waals surface area contributed by atoms with Crippen molar-refractivity contribution >= 4 is 33.4 Å². The Balaban J connectivity index is 1.90. The van der Waals surface area contributed by atoms with Crippen LogP contribution in [-0.4, -0.2) is 67.4 Å². The summed E-state index contributed by atoms with van der Waals surface area (Å²) in [4.78, 5) is 26.4. The van der Waals surface area contributed by atoms with Crippen molar-refractivity contribution in [2.24, 2.45) is 0 Å². The standard InChI is InChI=1S/C13H14N2O4S2/c1-14-10(18)12-5-7-3-2-4-8(17)9(7)15(12)11(19)13(14,6-16)21-20-12/h2-4,8-9,16-17H,5-6H2,1H3/t8-,9-,12-,13+/m1/s1. The molecule has 1 aliphatic carbocycles. The minimum atomic E-state index is -1.28. The molecule has 0 radical (unpaired) electrons. The highest BCUT2D eigenvalue weighted by Gasteiger charge is 2.73. The molecule has 0 saturated carbocycles. The fraction of sp³-hybridized carbons (Fsp3) is 0.538. The Kier molecular flexibility index (Phi) is 2.65. The number of carbonyl (C=O) groups is 2. The summed E-state index contributed by atoms with van der Waals surface area (Å²) in [5, 5.41) is 20.0. The molecule has 4 aliphatic heterocycles. The fourth-order valence-corrected chi connectivity index (χ4v) is 7.12. The van der Waals surface area contributed by atoms with Crippen LogP contribution in [0.15, 0.2) is 23.8 Å². The molecule has 4 heterocycles. The van der Waals surface area contributed by atoms with Crippen molar-refractivity contribution in [3.05, 3.63) is 23.8 Å². The smallest absolute Gasteiger partial charge is 0.264 e. The van der Waals surface area contributed by atoms with Crippen LogP contribution in [-0.2, 0) is 9.59 Å². The first kappa shape index (κ1) is 13.7. The van der Waals surface area contributed by atoms with Gasteiger partial charge in [-0.25, -0.2) is 0 Å². The third-order valence-corrected chi connectivity index (χ3v) is 8.33. The molecule has 4 atom stereocenters. The molecule has 0 unspecified atom stereocenters. The molecule has 21 heavy (non-hydrogen) atoms. The number of allylic oxidation sites excluding steroid dienone is 2. The lowest BCUT2D eigenvalue weighted by Crippen LogP contribution is -2.77. The first-order valence-electron chi connectivity index (χ1n) is 6.63. The van der Waals surface area contributed by atoms with E-state index in [9.17, 15) is 19.8 Å². The summed E-state index contributed by atoms with van der Waals surface area (Å²) in [5.41, 5.74) is 0.892. The van der Waals surface area contributed by atoms with Gasteiger partial charge in [-0.3, -0.25) is 9.59 Å². The van der Waals surface area contributed by atoms with Crippen LogP contribution in [0, 0.1) is 0 Å². The van der Waals surface area contributed by atoms with E-state index < -0.39 is 28.5 Å². The third kappa shape index (κ3) is 1.35. The van der Waals surface area contributed by atoms with Crippen LogP contribution < -0.4 is 0 Å². The van der Waals surface area contributed by atoms with Gasteiger partial charge in [0.2, 0.25) is 4.87 Å². The number of piperazine rings is 1. The second-order valence-electron chi connectivity index (χ2n) is 5.67. The maximum absolute atomic E-state index is 12.9. The van der Waals surface area contributed by atoms with Gasteiger partial charge >= 0.3 is 0 Å². The molecule has 1 spiro atoms. The molecule has 2 N–H and O–H groups in total. The van der Waals surface area contributed by atoms with Gasteiger partial charge in [0.25, 0.3) is 11.8 Å². The SMILES string of the molecule is CN1C(=O)[C@]23CC4=CC=C[C@@H](O)[C@@H]4N2C(=O)[C@]1(CO)SS3. The monoisotopic (exact) mass is 326 g/mol. The highest BCUT2D eigenvalue weighted by atomic mass is 33.1. The number of likely N-dealkylation sites (N-methyl/N-ethyl adjacent to an activating group) is 1. The summed E-state index contributed by atoms with van der Waals surface area (Å²) in [6, 6.07) is -0.500. The largest absolute Gasteiger partial charge is 0.392 e. The Hall–Kier alpha value is -0.960. The molecule has 4 fully saturated rings. The lowest BCUT2D eigenvalue weighted by Gasteiger charge is -2.58. The van der Waals surface area contributed by atoms with E-state index in [4.69, 9.17) is 0 Å². The number of aliphatic hydroxyl groups excluding tert-OH is 2. The Morgan fingerprint density at radius 1 is 1.38 bits per heavy atom. The quantitative estimate of drug-likeness (QED) is 0.644. The van der Waals surface area contributed by atoms with Crippen molar-refractivity contribution in [2.45, 2.75) is 28.3 Å². The lowest BCUT2D eigenvalue weighted by molar-refractivity contribution is -0.168. The Bertz CT molecular complexity index is 621. The summed E-state index contributed by atoms with van der Waals surface area (Å²) in [7, 11) is 4.14. The lowest BCUT2D eigenvalue weighted by atomic mass is 9.97. The van der Waals surface area contributed by atoms with Gasteiger partial charge < -0.3 is 20.0 Å². The molecule has 5 rings (SSSR count). The Labute approximate surface area is 129 Å². The number of hydrogen-bond donors (Lipinski definition) is 2. The van der Waals surface area contributed by atoms with E-state index >= 15 is 0 Å². The number of nitrogens with zero attached hydrogens (tertiary/aromatic N) is 2. The highest BCUT2D eigenvalue weighted by molar-refractivity contribution is 8.78. The van der Waals surface area contributed by atoms with Gasteiger partial charge in [-0.2, -0.15) is 0 Å². The Morgan fingerprint density at radius 2 is 2.14 bits per heavy atom. The number of fused-ring (bicyclic) bond motifs is 3. The average Bonchev–Trinajstić information content (AvgIpc) is 2.83. The zero-order valence-corrected chi connectivity index (χ0v) is 12.9. The van der Waals surface area contributed by atoms with E-state index in [0.29, 0.717) is 6.42 Å². The number of rotatable bonds is 1. The van der Waals surface area contributed by atoms with E-state index in [1.807, 2.05) is 6.08 Å². The van der Waals surface area contributed by atoms with Crippen molar-refractivity contribution in [1.82, 2.24) is 9.80 Å². The van der Waals surface area contributed by atoms with E-state index in [-0.39, 0.29) is 11.8 Å². The van der Waals surface area contributed by atoms with Gasteiger partial charge in [-0.1, -0.05) is 29.0 Å². The predicted octanol–water partition coefficient (Wildman–Crippen LogP) is -0.304. The van der Waals surface area contributed by atoms with Crippen LogP contribution in [0.2, 0.25) is 0 Å². The van der Waals surface area contributed by atoms with Crippen molar-refractivity contribution in [3.63, 3.8) is 0 Å². The van der Waals surface area contributed by atoms with Crippen molar-refractivity contribution in [3.8, 4) is 0 Å². The number of amides is 2. The van der Waals surface area contributed by atoms with E-state index in [1.54, 1.807) is 19.2 Å². The van der Waals surface area contributed by atoms with Crippen LogP contribution in [0.25, 0.3) is 0 Å². The Morgan fingerprint density at radius 3 is 2.86 bits per heavy atom. The average molecular weight is 326 g/mol. The fourth-order valence-electron chi connectivity index (χ4n) is 3.55. The molecule has 2 amide bonds. The summed E-state index contributed by atoms with van der Waals surface area (Å²) in [5.74, 6) is -0.471. The van der Waals surface area contributed by atoms with Gasteiger partial charge in [0.05, 0.1) is 18.8 Å². The van der Waals surface area contributed by atoms with Gasteiger partial charge in [-0.05, 0) is 16.4 Å². The van der Waals surface area contributed by atoms with Crippen molar-refractivity contribution in [2.75, 3.05) is 13.7 Å². The third-order valence-electron chi connectivity index (χ3n) is 4.70. The summed E-state index contributed by atoms with van der Waals surface area (Å²) in [6.45, 7) is -0.435. The van der Waals surface area contributed by atoms with Gasteiger partial charge in [0.15, 0.2) is 4.87 Å². The van der Waals surface area contributed by atoms with Gasteiger partial charge in [0, 0.05) is 13.5 Å². The zero-order chi connectivity index (χ0) is 15.0. The second-order valence-corrected chi connectivity index (χ2v) is 8.36. The number of carbonyl (C=O) groups excluding carboxylic acids is 2. The summed E-state index contributed by atoms with van der Waals surface area (Å²) >= 11 is 0. The number of hydrogen-bond acceptors (Lipinski definition) is 6. The first-order chi connectivity index (χ1) is 9.98. The topological polar surface area (TPSA) is 81.1 Å². The van der Waals surface area contributed by atoms with E-state index in [2.05, 4.69) is 0 Å². The summed E-state index contributed by atoms with van der Waals surface area (Å²) < 4.78 is 0. The summed E-state index contributed by atoms with van der Waals surface area (Å²) in [6.07, 6.45) is 4.87. The first-order valence-corrected chi connectivity index (χ1v) is 8.78. The maximum atomic E-state index is 12.9. The molecule has 0 aromatic carbocycles. The second kappa shape index (κ2) is 4.07. The molecule has 2 bridgehead atoms. The molecule has 4 saturated heterocycles. The molecule has 112 valence electrons. The normalized spacial score (nSPS) is 44.0. The van der Waals surface area contributed by atoms with Crippen LogP contribution in [0.1, 0.15) is 6.42 Å². The highest BCUT2D eigenvalue weighted by Crippen LogP contribution is 2.64. The van der Waals surface area contributed by atoms with Crippen LogP contribution in [0.5, 0.6) is 0 Å². The molecule has 5 aliphatic rings. The van der Waals surface area contributed by atoms with Gasteiger partial charge in [0.1, 0.15) is 0 Å². The molecule has 6 nitrogen and oxygen atoms in total. The molecular weight excluding hydrogens is 312 g/mol. The number of aliphatic hydroxyl groups is 2. The minimum absolute atomic E-state index is 0.178. The minimum Gasteiger partial charge on any atom is -0.392 e. The van der Waals surface area contributed by atoms with E-state index in [1.165, 1.54) is 31.4 Å². The molecule has 0 aromatic heterocycles. The van der Waals surface area contributed by atoms with E-state index in [0.717, 1.165) is 5.57 Å². The maximum Gasteiger partial charge on any atom is 0.264 e. The van der Waals surface area contributed by atoms with Crippen LogP contribution in [0.3, 0.4) is 0 Å².